The fraction of sp³-hybridized carbons (Fsp3) is 0.211. The van der Waals surface area contributed by atoms with E-state index in [1.807, 2.05) is 31.2 Å². The second-order valence-electron chi connectivity index (χ2n) is 5.90. The Morgan fingerprint density at radius 2 is 2.00 bits per heavy atom. The summed E-state index contributed by atoms with van der Waals surface area (Å²) in [5.74, 6) is 0.418. The molecule has 25 heavy (non-hydrogen) atoms. The summed E-state index contributed by atoms with van der Waals surface area (Å²) in [5.41, 5.74) is 5.48. The van der Waals surface area contributed by atoms with Crippen molar-refractivity contribution in [3.63, 3.8) is 0 Å². The maximum absolute atomic E-state index is 12.3. The third-order valence-corrected chi connectivity index (χ3v) is 4.03. The highest BCUT2D eigenvalue weighted by atomic mass is 16.5. The molecule has 3 rings (SSSR count). The standard InChI is InChI=1S/C19H19N3O3/c1-12-10-17(23)21-22-18(12)13-6-8-15(9-7-13)20-19(24)14-4-3-5-16(11-14)25-2/h3-9,11-12H,10H2,1-2H3,(H,20,24)(H,21,23). The lowest BCUT2D eigenvalue weighted by molar-refractivity contribution is -0.121. The molecule has 1 aliphatic rings. The highest BCUT2D eigenvalue weighted by Gasteiger charge is 2.21. The first-order chi connectivity index (χ1) is 12.1. The number of hydrogen-bond donors (Lipinski definition) is 2. The lowest BCUT2D eigenvalue weighted by Crippen LogP contribution is -2.31. The largest absolute Gasteiger partial charge is 0.497 e. The summed E-state index contributed by atoms with van der Waals surface area (Å²) in [4.78, 5) is 23.7. The number of amides is 2. The molecule has 1 aliphatic heterocycles. The Morgan fingerprint density at radius 3 is 2.68 bits per heavy atom. The molecule has 0 saturated carbocycles. The molecule has 0 radical (unpaired) electrons. The molecule has 2 aromatic carbocycles. The SMILES string of the molecule is COc1cccc(C(=O)Nc2ccc(C3=NNC(=O)CC3C)cc2)c1. The van der Waals surface area contributed by atoms with E-state index < -0.39 is 0 Å². The van der Waals surface area contributed by atoms with Gasteiger partial charge in [-0.05, 0) is 35.9 Å². The molecule has 1 atom stereocenters. The third-order valence-electron chi connectivity index (χ3n) is 4.03. The van der Waals surface area contributed by atoms with Crippen molar-refractivity contribution in [2.75, 3.05) is 12.4 Å². The normalized spacial score (nSPS) is 16.6. The van der Waals surface area contributed by atoms with Gasteiger partial charge in [-0.3, -0.25) is 9.59 Å². The Bertz CT molecular complexity index is 828. The number of rotatable bonds is 4. The number of anilines is 1. The Morgan fingerprint density at radius 1 is 1.24 bits per heavy atom. The van der Waals surface area contributed by atoms with Crippen LogP contribution in [-0.2, 0) is 4.79 Å². The first-order valence-corrected chi connectivity index (χ1v) is 7.99. The number of methoxy groups -OCH3 is 1. The number of carbonyl (C=O) groups excluding carboxylic acids is 2. The Labute approximate surface area is 145 Å². The van der Waals surface area contributed by atoms with E-state index in [9.17, 15) is 9.59 Å². The van der Waals surface area contributed by atoms with Crippen LogP contribution in [0.25, 0.3) is 0 Å². The Balaban J connectivity index is 1.72. The van der Waals surface area contributed by atoms with Crippen LogP contribution >= 0.6 is 0 Å². The minimum atomic E-state index is -0.206. The smallest absolute Gasteiger partial charge is 0.255 e. The van der Waals surface area contributed by atoms with Crippen molar-refractivity contribution in [1.29, 1.82) is 0 Å². The molecule has 1 unspecified atom stereocenters. The van der Waals surface area contributed by atoms with Gasteiger partial charge in [-0.1, -0.05) is 25.1 Å². The molecule has 1 heterocycles. The summed E-state index contributed by atoms with van der Waals surface area (Å²) < 4.78 is 5.13. The molecular weight excluding hydrogens is 318 g/mol. The zero-order chi connectivity index (χ0) is 17.8. The van der Waals surface area contributed by atoms with Crippen molar-refractivity contribution < 1.29 is 14.3 Å². The van der Waals surface area contributed by atoms with Gasteiger partial charge in [0, 0.05) is 23.6 Å². The van der Waals surface area contributed by atoms with Crippen LogP contribution in [-0.4, -0.2) is 24.6 Å². The first kappa shape index (κ1) is 16.7. The van der Waals surface area contributed by atoms with Crippen LogP contribution in [0.1, 0.15) is 29.3 Å². The van der Waals surface area contributed by atoms with Crippen molar-refractivity contribution in [1.82, 2.24) is 5.43 Å². The van der Waals surface area contributed by atoms with Crippen molar-refractivity contribution in [2.45, 2.75) is 13.3 Å². The van der Waals surface area contributed by atoms with Crippen LogP contribution < -0.4 is 15.5 Å². The van der Waals surface area contributed by atoms with E-state index in [0.717, 1.165) is 11.3 Å². The highest BCUT2D eigenvalue weighted by molar-refractivity contribution is 6.07. The summed E-state index contributed by atoms with van der Waals surface area (Å²) in [5, 5.41) is 6.99. The molecule has 2 N–H and O–H groups in total. The number of ether oxygens (including phenoxy) is 1. The van der Waals surface area contributed by atoms with Gasteiger partial charge in [-0.2, -0.15) is 5.10 Å². The first-order valence-electron chi connectivity index (χ1n) is 7.99. The van der Waals surface area contributed by atoms with Crippen molar-refractivity contribution in [2.24, 2.45) is 11.0 Å². The van der Waals surface area contributed by atoms with E-state index in [2.05, 4.69) is 15.8 Å². The molecule has 0 spiro atoms. The minimum Gasteiger partial charge on any atom is -0.497 e. The van der Waals surface area contributed by atoms with Gasteiger partial charge in [0.15, 0.2) is 0 Å². The van der Waals surface area contributed by atoms with Gasteiger partial charge in [0.1, 0.15) is 5.75 Å². The zero-order valence-electron chi connectivity index (χ0n) is 14.1. The predicted molar refractivity (Wildman–Crippen MR) is 95.8 cm³/mol. The van der Waals surface area contributed by atoms with Crippen molar-refractivity contribution in [3.8, 4) is 5.75 Å². The monoisotopic (exact) mass is 337 g/mol. The van der Waals surface area contributed by atoms with Crippen LogP contribution in [0.3, 0.4) is 0 Å². The summed E-state index contributed by atoms with van der Waals surface area (Å²) in [6.45, 7) is 1.97. The molecule has 0 fully saturated rings. The molecule has 0 bridgehead atoms. The summed E-state index contributed by atoms with van der Waals surface area (Å²) in [6, 6.07) is 14.4. The maximum Gasteiger partial charge on any atom is 0.255 e. The van der Waals surface area contributed by atoms with Gasteiger partial charge < -0.3 is 10.1 Å². The summed E-state index contributed by atoms with van der Waals surface area (Å²) in [7, 11) is 1.56. The van der Waals surface area contributed by atoms with E-state index in [1.54, 1.807) is 31.4 Å². The second kappa shape index (κ2) is 7.17. The fourth-order valence-corrected chi connectivity index (χ4v) is 2.69. The number of nitrogens with one attached hydrogen (secondary N) is 2. The number of hydrazone groups is 1. The zero-order valence-corrected chi connectivity index (χ0v) is 14.1. The molecule has 0 aliphatic carbocycles. The van der Waals surface area contributed by atoms with E-state index in [0.29, 0.717) is 23.4 Å². The average molecular weight is 337 g/mol. The van der Waals surface area contributed by atoms with Gasteiger partial charge >= 0.3 is 0 Å². The Hall–Kier alpha value is -3.15. The van der Waals surface area contributed by atoms with Crippen LogP contribution in [0.15, 0.2) is 53.6 Å². The van der Waals surface area contributed by atoms with Gasteiger partial charge in [0.2, 0.25) is 5.91 Å². The van der Waals surface area contributed by atoms with E-state index in [1.165, 1.54) is 0 Å². The summed E-state index contributed by atoms with van der Waals surface area (Å²) in [6.07, 6.45) is 0.424. The average Bonchev–Trinajstić information content (AvgIpc) is 2.62. The minimum absolute atomic E-state index is 0.0611. The molecule has 2 aromatic rings. The second-order valence-corrected chi connectivity index (χ2v) is 5.90. The van der Waals surface area contributed by atoms with Gasteiger partial charge in [0.05, 0.1) is 12.8 Å². The van der Waals surface area contributed by atoms with Crippen LogP contribution in [0.4, 0.5) is 5.69 Å². The van der Waals surface area contributed by atoms with Gasteiger partial charge in [-0.15, -0.1) is 0 Å². The molecular formula is C19H19N3O3. The van der Waals surface area contributed by atoms with E-state index in [-0.39, 0.29) is 17.7 Å². The molecule has 0 aromatic heterocycles. The number of carbonyl (C=O) groups is 2. The topological polar surface area (TPSA) is 79.8 Å². The van der Waals surface area contributed by atoms with Gasteiger partial charge in [0.25, 0.3) is 5.91 Å². The van der Waals surface area contributed by atoms with Crippen LogP contribution in [0.5, 0.6) is 5.75 Å². The van der Waals surface area contributed by atoms with Crippen molar-refractivity contribution in [3.05, 3.63) is 59.7 Å². The lowest BCUT2D eigenvalue weighted by Gasteiger charge is -2.19. The number of hydrogen-bond acceptors (Lipinski definition) is 4. The third kappa shape index (κ3) is 3.85. The van der Waals surface area contributed by atoms with Crippen LogP contribution in [0, 0.1) is 5.92 Å². The molecule has 128 valence electrons. The Kier molecular flexibility index (Phi) is 4.79. The van der Waals surface area contributed by atoms with Gasteiger partial charge in [-0.25, -0.2) is 5.43 Å². The quantitative estimate of drug-likeness (QED) is 0.900. The fourth-order valence-electron chi connectivity index (χ4n) is 2.69. The number of benzene rings is 2. The van der Waals surface area contributed by atoms with Crippen molar-refractivity contribution >= 4 is 23.2 Å². The molecule has 6 heteroatoms. The highest BCUT2D eigenvalue weighted by Crippen LogP contribution is 2.19. The molecule has 0 saturated heterocycles. The molecule has 6 nitrogen and oxygen atoms in total. The maximum atomic E-state index is 12.3. The predicted octanol–water partition coefficient (Wildman–Crippen LogP) is 2.81. The van der Waals surface area contributed by atoms with E-state index >= 15 is 0 Å². The molecule has 2 amide bonds. The van der Waals surface area contributed by atoms with Crippen LogP contribution in [0.2, 0.25) is 0 Å². The van der Waals surface area contributed by atoms with E-state index in [4.69, 9.17) is 4.74 Å². The summed E-state index contributed by atoms with van der Waals surface area (Å²) >= 11 is 0. The number of nitrogens with zero attached hydrogens (tertiary/aromatic N) is 1. The lowest BCUT2D eigenvalue weighted by atomic mass is 9.94.